The van der Waals surface area contributed by atoms with E-state index in [0.717, 1.165) is 5.00 Å². The molecule has 0 saturated heterocycles. The van der Waals surface area contributed by atoms with Crippen LogP contribution in [0.4, 0.5) is 5.00 Å². The van der Waals surface area contributed by atoms with E-state index in [-0.39, 0.29) is 24.2 Å². The summed E-state index contributed by atoms with van der Waals surface area (Å²) in [4.78, 5) is 13.3. The van der Waals surface area contributed by atoms with Crippen molar-refractivity contribution in [2.45, 2.75) is 39.5 Å². The van der Waals surface area contributed by atoms with E-state index in [2.05, 4.69) is 12.2 Å². The van der Waals surface area contributed by atoms with Crippen LogP contribution < -0.4 is 11.1 Å². The fraction of sp³-hybridized carbons (Fsp3) is 0.615. The van der Waals surface area contributed by atoms with Gasteiger partial charge in [0.25, 0.3) is 0 Å². The Kier molecular flexibility index (Phi) is 5.63. The molecule has 1 aromatic heterocycles. The van der Waals surface area contributed by atoms with E-state index in [1.807, 2.05) is 6.92 Å². The van der Waals surface area contributed by atoms with Crippen LogP contribution in [0.5, 0.6) is 0 Å². The second-order valence-corrected chi connectivity index (χ2v) is 5.90. The van der Waals surface area contributed by atoms with Gasteiger partial charge < -0.3 is 11.1 Å². The van der Waals surface area contributed by atoms with Gasteiger partial charge >= 0.3 is 0 Å². The molecule has 1 aliphatic carbocycles. The largest absolute Gasteiger partial charge is 0.330 e. The van der Waals surface area contributed by atoms with E-state index in [0.29, 0.717) is 6.54 Å². The molecule has 0 aromatic carbocycles. The zero-order chi connectivity index (χ0) is 12.4. The lowest BCUT2D eigenvalue weighted by Crippen LogP contribution is -2.26. The number of hydrogen-bond acceptors (Lipinski definition) is 3. The minimum absolute atomic E-state index is 0. The minimum atomic E-state index is -0.117. The maximum Gasteiger partial charge on any atom is 0.229 e. The smallest absolute Gasteiger partial charge is 0.229 e. The molecule has 0 radical (unpaired) electrons. The SMILES string of the molecule is Cc1c(NC(=O)C(C)CN)sc2c1CCCC2.Cl. The Morgan fingerprint density at radius 1 is 1.44 bits per heavy atom. The van der Waals surface area contributed by atoms with Crippen LogP contribution in [0, 0.1) is 12.8 Å². The molecule has 0 saturated carbocycles. The van der Waals surface area contributed by atoms with E-state index < -0.39 is 0 Å². The van der Waals surface area contributed by atoms with E-state index in [1.165, 1.54) is 41.7 Å². The molecule has 2 rings (SSSR count). The van der Waals surface area contributed by atoms with Crippen molar-refractivity contribution < 1.29 is 4.79 Å². The molecule has 1 aromatic rings. The molecule has 1 heterocycles. The zero-order valence-electron chi connectivity index (χ0n) is 10.9. The highest BCUT2D eigenvalue weighted by Gasteiger charge is 2.20. The van der Waals surface area contributed by atoms with Gasteiger partial charge in [-0.2, -0.15) is 0 Å². The van der Waals surface area contributed by atoms with Crippen LogP contribution in [-0.2, 0) is 17.6 Å². The molecule has 0 aliphatic heterocycles. The van der Waals surface area contributed by atoms with Gasteiger partial charge in [0, 0.05) is 17.3 Å². The Hall–Kier alpha value is -0.580. The third kappa shape index (κ3) is 3.05. The first-order valence-electron chi connectivity index (χ1n) is 6.25. The van der Waals surface area contributed by atoms with Crippen molar-refractivity contribution in [3.63, 3.8) is 0 Å². The average molecular weight is 289 g/mol. The molecule has 18 heavy (non-hydrogen) atoms. The quantitative estimate of drug-likeness (QED) is 0.898. The number of aryl methyl sites for hydroxylation is 1. The van der Waals surface area contributed by atoms with Gasteiger partial charge in [-0.15, -0.1) is 23.7 Å². The highest BCUT2D eigenvalue weighted by atomic mass is 35.5. The summed E-state index contributed by atoms with van der Waals surface area (Å²) in [6, 6.07) is 0. The summed E-state index contributed by atoms with van der Waals surface area (Å²) < 4.78 is 0. The van der Waals surface area contributed by atoms with Crippen molar-refractivity contribution in [1.82, 2.24) is 0 Å². The van der Waals surface area contributed by atoms with Crippen LogP contribution in [0.3, 0.4) is 0 Å². The van der Waals surface area contributed by atoms with Gasteiger partial charge in [0.15, 0.2) is 0 Å². The molecule has 0 fully saturated rings. The summed E-state index contributed by atoms with van der Waals surface area (Å²) in [5.41, 5.74) is 8.24. The molecule has 5 heteroatoms. The third-order valence-electron chi connectivity index (χ3n) is 3.47. The number of halogens is 1. The van der Waals surface area contributed by atoms with Gasteiger partial charge in [-0.05, 0) is 43.7 Å². The average Bonchev–Trinajstić information content (AvgIpc) is 2.66. The van der Waals surface area contributed by atoms with Gasteiger partial charge in [-0.3, -0.25) is 4.79 Å². The van der Waals surface area contributed by atoms with E-state index in [4.69, 9.17) is 5.73 Å². The number of hydrogen-bond donors (Lipinski definition) is 2. The lowest BCUT2D eigenvalue weighted by molar-refractivity contribution is -0.119. The number of carbonyl (C=O) groups is 1. The van der Waals surface area contributed by atoms with Crippen LogP contribution in [0.15, 0.2) is 0 Å². The van der Waals surface area contributed by atoms with Crippen LogP contribution in [0.25, 0.3) is 0 Å². The predicted molar refractivity (Wildman–Crippen MR) is 79.8 cm³/mol. The number of anilines is 1. The summed E-state index contributed by atoms with van der Waals surface area (Å²) in [6.45, 7) is 4.37. The maximum atomic E-state index is 11.8. The van der Waals surface area contributed by atoms with Gasteiger partial charge in [0.05, 0.1) is 5.00 Å². The first-order chi connectivity index (χ1) is 8.13. The molecule has 102 valence electrons. The monoisotopic (exact) mass is 288 g/mol. The van der Waals surface area contributed by atoms with Gasteiger partial charge in [-0.25, -0.2) is 0 Å². The number of nitrogens with one attached hydrogen (secondary N) is 1. The van der Waals surface area contributed by atoms with Crippen LogP contribution >= 0.6 is 23.7 Å². The molecule has 0 spiro atoms. The summed E-state index contributed by atoms with van der Waals surface area (Å²) in [5.74, 6) is -0.0808. The van der Waals surface area contributed by atoms with Crippen LogP contribution in [-0.4, -0.2) is 12.5 Å². The van der Waals surface area contributed by atoms with Crippen LogP contribution in [0.1, 0.15) is 35.8 Å². The lowest BCUT2D eigenvalue weighted by Gasteiger charge is -2.11. The number of carbonyl (C=O) groups excluding carboxylic acids is 1. The molecular weight excluding hydrogens is 268 g/mol. The molecule has 1 amide bonds. The minimum Gasteiger partial charge on any atom is -0.330 e. The topological polar surface area (TPSA) is 55.1 Å². The fourth-order valence-electron chi connectivity index (χ4n) is 2.19. The van der Waals surface area contributed by atoms with E-state index >= 15 is 0 Å². The molecule has 1 atom stereocenters. The summed E-state index contributed by atoms with van der Waals surface area (Å²) in [7, 11) is 0. The number of nitrogens with two attached hydrogens (primary N) is 1. The van der Waals surface area contributed by atoms with Gasteiger partial charge in [-0.1, -0.05) is 6.92 Å². The highest BCUT2D eigenvalue weighted by Crippen LogP contribution is 2.37. The van der Waals surface area contributed by atoms with Gasteiger partial charge in [0.2, 0.25) is 5.91 Å². The van der Waals surface area contributed by atoms with Gasteiger partial charge in [0.1, 0.15) is 0 Å². The van der Waals surface area contributed by atoms with Crippen molar-refractivity contribution in [2.24, 2.45) is 11.7 Å². The fourth-order valence-corrected chi connectivity index (χ4v) is 3.48. The van der Waals surface area contributed by atoms with Crippen molar-refractivity contribution in [1.29, 1.82) is 0 Å². The van der Waals surface area contributed by atoms with Crippen molar-refractivity contribution >= 4 is 34.7 Å². The Bertz CT molecular complexity index is 431. The second kappa shape index (κ2) is 6.55. The molecular formula is C13H21ClN2OS. The molecule has 3 N–H and O–H groups in total. The number of rotatable bonds is 3. The Morgan fingerprint density at radius 2 is 2.11 bits per heavy atom. The predicted octanol–water partition coefficient (Wildman–Crippen LogP) is 2.89. The number of fused-ring (bicyclic) bond motifs is 1. The van der Waals surface area contributed by atoms with E-state index in [9.17, 15) is 4.79 Å². The van der Waals surface area contributed by atoms with E-state index in [1.54, 1.807) is 11.3 Å². The Labute approximate surface area is 119 Å². The Balaban J connectivity index is 0.00000162. The molecule has 1 aliphatic rings. The number of thiophene rings is 1. The lowest BCUT2D eigenvalue weighted by atomic mass is 9.96. The molecule has 3 nitrogen and oxygen atoms in total. The van der Waals surface area contributed by atoms with Crippen molar-refractivity contribution in [3.8, 4) is 0 Å². The molecule has 0 bridgehead atoms. The summed E-state index contributed by atoms with van der Waals surface area (Å²) >= 11 is 1.75. The zero-order valence-corrected chi connectivity index (χ0v) is 12.5. The van der Waals surface area contributed by atoms with Crippen molar-refractivity contribution in [2.75, 3.05) is 11.9 Å². The number of amides is 1. The molecule has 1 unspecified atom stereocenters. The normalized spacial score (nSPS) is 15.5. The van der Waals surface area contributed by atoms with Crippen molar-refractivity contribution in [3.05, 3.63) is 16.0 Å². The maximum absolute atomic E-state index is 11.8. The first kappa shape index (κ1) is 15.5. The third-order valence-corrected chi connectivity index (χ3v) is 4.78. The second-order valence-electron chi connectivity index (χ2n) is 4.79. The standard InChI is InChI=1S/C13H20N2OS.ClH/c1-8(7-14)12(16)15-13-9(2)10-5-3-4-6-11(10)17-13;/h8H,3-7,14H2,1-2H3,(H,15,16);1H. The Morgan fingerprint density at radius 3 is 2.72 bits per heavy atom. The summed E-state index contributed by atoms with van der Waals surface area (Å²) in [6.07, 6.45) is 4.89. The highest BCUT2D eigenvalue weighted by molar-refractivity contribution is 7.16. The van der Waals surface area contributed by atoms with Crippen LogP contribution in [0.2, 0.25) is 0 Å². The summed E-state index contributed by atoms with van der Waals surface area (Å²) in [5, 5.41) is 4.05. The first-order valence-corrected chi connectivity index (χ1v) is 7.07.